The second kappa shape index (κ2) is 8.17. The molecule has 0 saturated carbocycles. The van der Waals surface area contributed by atoms with Crippen LogP contribution in [0, 0.1) is 11.3 Å². The highest BCUT2D eigenvalue weighted by Crippen LogP contribution is 2.29. The first-order chi connectivity index (χ1) is 12.6. The summed E-state index contributed by atoms with van der Waals surface area (Å²) in [6.07, 6.45) is 0. The number of hydrogen-bond donors (Lipinski definition) is 1. The van der Waals surface area contributed by atoms with Crippen LogP contribution >= 0.6 is 23.1 Å². The second-order valence-corrected chi connectivity index (χ2v) is 7.73. The first-order valence-electron chi connectivity index (χ1n) is 8.07. The van der Waals surface area contributed by atoms with Crippen molar-refractivity contribution in [3.05, 3.63) is 47.3 Å². The van der Waals surface area contributed by atoms with Crippen LogP contribution in [0.2, 0.25) is 0 Å². The first-order valence-corrected chi connectivity index (χ1v) is 9.83. The third kappa shape index (κ3) is 3.95. The van der Waals surface area contributed by atoms with Gasteiger partial charge in [-0.1, -0.05) is 23.9 Å². The summed E-state index contributed by atoms with van der Waals surface area (Å²) in [5.41, 5.74) is 1.12. The fourth-order valence-corrected chi connectivity index (χ4v) is 4.00. The first kappa shape index (κ1) is 18.2. The highest BCUT2D eigenvalue weighted by molar-refractivity contribution is 8.00. The Kier molecular flexibility index (Phi) is 5.71. The summed E-state index contributed by atoms with van der Waals surface area (Å²) in [5, 5.41) is 22.7. The van der Waals surface area contributed by atoms with Crippen molar-refractivity contribution in [3.8, 4) is 16.8 Å². The average Bonchev–Trinajstić information content (AvgIpc) is 3.31. The molecule has 3 aromatic rings. The van der Waals surface area contributed by atoms with Crippen LogP contribution in [0.1, 0.15) is 19.4 Å². The van der Waals surface area contributed by atoms with Gasteiger partial charge in [0.05, 0.1) is 21.8 Å². The zero-order valence-corrected chi connectivity index (χ0v) is 16.0. The van der Waals surface area contributed by atoms with Gasteiger partial charge in [-0.25, -0.2) is 0 Å². The van der Waals surface area contributed by atoms with E-state index in [2.05, 4.69) is 21.6 Å². The number of nitriles is 1. The molecular formula is C18H17N5OS2. The van der Waals surface area contributed by atoms with E-state index in [9.17, 15) is 4.79 Å². The number of hydrogen-bond acceptors (Lipinski definition) is 6. The van der Waals surface area contributed by atoms with Crippen LogP contribution in [-0.2, 0) is 11.3 Å². The Labute approximate surface area is 159 Å². The van der Waals surface area contributed by atoms with Gasteiger partial charge in [0.15, 0.2) is 11.0 Å². The van der Waals surface area contributed by atoms with Crippen molar-refractivity contribution in [1.82, 2.24) is 14.8 Å². The molecule has 2 aromatic heterocycles. The molecule has 6 nitrogen and oxygen atoms in total. The molecule has 2 heterocycles. The smallest absolute Gasteiger partial charge is 0.237 e. The van der Waals surface area contributed by atoms with E-state index < -0.39 is 0 Å². The normalized spacial score (nSPS) is 11.7. The monoisotopic (exact) mass is 383 g/mol. The maximum absolute atomic E-state index is 12.5. The summed E-state index contributed by atoms with van der Waals surface area (Å²) in [7, 11) is 0. The number of rotatable bonds is 6. The fraction of sp³-hybridized carbons (Fsp3) is 0.222. The van der Waals surface area contributed by atoms with Crippen molar-refractivity contribution in [2.24, 2.45) is 0 Å². The van der Waals surface area contributed by atoms with E-state index in [0.717, 1.165) is 17.2 Å². The van der Waals surface area contributed by atoms with Gasteiger partial charge in [-0.2, -0.15) is 5.26 Å². The fourth-order valence-electron chi connectivity index (χ4n) is 2.37. The quantitative estimate of drug-likeness (QED) is 0.650. The van der Waals surface area contributed by atoms with Gasteiger partial charge in [0.25, 0.3) is 0 Å². The Morgan fingerprint density at radius 2 is 2.23 bits per heavy atom. The van der Waals surface area contributed by atoms with Gasteiger partial charge >= 0.3 is 0 Å². The minimum Gasteiger partial charge on any atom is -0.325 e. The summed E-state index contributed by atoms with van der Waals surface area (Å²) in [4.78, 5) is 13.5. The highest BCUT2D eigenvalue weighted by atomic mass is 32.2. The maximum Gasteiger partial charge on any atom is 0.237 e. The van der Waals surface area contributed by atoms with E-state index in [4.69, 9.17) is 5.26 Å². The van der Waals surface area contributed by atoms with E-state index in [1.807, 2.05) is 35.9 Å². The summed E-state index contributed by atoms with van der Waals surface area (Å²) in [5.74, 6) is 0.674. The number of thiophene rings is 1. The molecule has 1 atom stereocenters. The van der Waals surface area contributed by atoms with Crippen LogP contribution in [0.3, 0.4) is 0 Å². The van der Waals surface area contributed by atoms with Crippen molar-refractivity contribution in [1.29, 1.82) is 5.26 Å². The number of benzene rings is 1. The van der Waals surface area contributed by atoms with E-state index in [1.54, 1.807) is 35.6 Å². The van der Waals surface area contributed by atoms with Crippen LogP contribution in [-0.4, -0.2) is 25.9 Å². The molecule has 0 saturated heterocycles. The van der Waals surface area contributed by atoms with E-state index in [1.165, 1.54) is 11.8 Å². The number of anilines is 1. The predicted octanol–water partition coefficient (Wildman–Crippen LogP) is 4.02. The van der Waals surface area contributed by atoms with Crippen molar-refractivity contribution in [3.63, 3.8) is 0 Å². The van der Waals surface area contributed by atoms with Gasteiger partial charge in [0.2, 0.25) is 5.91 Å². The zero-order chi connectivity index (χ0) is 18.5. The predicted molar refractivity (Wildman–Crippen MR) is 104 cm³/mol. The lowest BCUT2D eigenvalue weighted by atomic mass is 10.2. The molecule has 0 aliphatic carbocycles. The maximum atomic E-state index is 12.5. The van der Waals surface area contributed by atoms with Gasteiger partial charge in [-0.05, 0) is 43.5 Å². The summed E-state index contributed by atoms with van der Waals surface area (Å²) >= 11 is 2.98. The molecule has 0 bridgehead atoms. The van der Waals surface area contributed by atoms with Crippen molar-refractivity contribution >= 4 is 34.7 Å². The average molecular weight is 384 g/mol. The molecule has 8 heteroatoms. The molecule has 132 valence electrons. The minimum atomic E-state index is -0.355. The van der Waals surface area contributed by atoms with Gasteiger partial charge in [0, 0.05) is 12.2 Å². The molecule has 0 fully saturated rings. The van der Waals surface area contributed by atoms with Crippen LogP contribution in [0.5, 0.6) is 0 Å². The van der Waals surface area contributed by atoms with Crippen LogP contribution in [0.25, 0.3) is 10.7 Å². The molecule has 1 aromatic carbocycles. The zero-order valence-electron chi connectivity index (χ0n) is 14.3. The van der Waals surface area contributed by atoms with Crippen LogP contribution in [0.15, 0.2) is 46.9 Å². The second-order valence-electron chi connectivity index (χ2n) is 5.47. The molecule has 0 aliphatic rings. The van der Waals surface area contributed by atoms with Gasteiger partial charge < -0.3 is 9.88 Å². The van der Waals surface area contributed by atoms with Gasteiger partial charge in [-0.3, -0.25) is 4.79 Å². The molecule has 0 spiro atoms. The summed E-state index contributed by atoms with van der Waals surface area (Å²) in [6, 6.07) is 12.9. The minimum absolute atomic E-state index is 0.145. The lowest BCUT2D eigenvalue weighted by molar-refractivity contribution is -0.115. The Balaban J connectivity index is 1.72. The Morgan fingerprint density at radius 1 is 1.38 bits per heavy atom. The molecule has 1 N–H and O–H groups in total. The lowest BCUT2D eigenvalue weighted by Crippen LogP contribution is -2.23. The molecule has 26 heavy (non-hydrogen) atoms. The molecular weight excluding hydrogens is 366 g/mol. The van der Waals surface area contributed by atoms with Crippen molar-refractivity contribution in [2.45, 2.75) is 30.8 Å². The standard InChI is InChI=1S/C18H17N5OS2/c1-3-23-16(15-8-5-9-25-15)21-22-18(23)26-12(2)17(24)20-14-7-4-6-13(10-14)11-19/h4-10,12H,3H2,1-2H3,(H,20,24)/t12-/m1/s1. The SMILES string of the molecule is CCn1c(S[C@H](C)C(=O)Nc2cccc(C#N)c2)nnc1-c1cccs1. The number of carbonyl (C=O) groups is 1. The largest absolute Gasteiger partial charge is 0.325 e. The topological polar surface area (TPSA) is 83.6 Å². The number of nitrogens with one attached hydrogen (secondary N) is 1. The van der Waals surface area contributed by atoms with Gasteiger partial charge in [0.1, 0.15) is 0 Å². The summed E-state index contributed by atoms with van der Waals surface area (Å²) in [6.45, 7) is 4.58. The number of carbonyl (C=O) groups excluding carboxylic acids is 1. The molecule has 0 unspecified atom stereocenters. The Morgan fingerprint density at radius 3 is 2.92 bits per heavy atom. The molecule has 3 rings (SSSR count). The van der Waals surface area contributed by atoms with E-state index in [0.29, 0.717) is 16.4 Å². The van der Waals surface area contributed by atoms with Crippen molar-refractivity contribution < 1.29 is 4.79 Å². The number of thioether (sulfide) groups is 1. The van der Waals surface area contributed by atoms with E-state index in [-0.39, 0.29) is 11.2 Å². The van der Waals surface area contributed by atoms with Crippen LogP contribution < -0.4 is 5.32 Å². The van der Waals surface area contributed by atoms with Crippen LogP contribution in [0.4, 0.5) is 5.69 Å². The number of aromatic nitrogens is 3. The van der Waals surface area contributed by atoms with Gasteiger partial charge in [-0.15, -0.1) is 21.5 Å². The molecule has 0 radical (unpaired) electrons. The Hall–Kier alpha value is -2.63. The Bertz CT molecular complexity index is 943. The third-order valence-corrected chi connectivity index (χ3v) is 5.63. The van der Waals surface area contributed by atoms with E-state index >= 15 is 0 Å². The molecule has 1 amide bonds. The third-order valence-electron chi connectivity index (χ3n) is 3.69. The van der Waals surface area contributed by atoms with Crippen molar-refractivity contribution in [2.75, 3.05) is 5.32 Å². The number of nitrogens with zero attached hydrogens (tertiary/aromatic N) is 4. The highest BCUT2D eigenvalue weighted by Gasteiger charge is 2.20. The molecule has 0 aliphatic heterocycles. The number of amides is 1. The lowest BCUT2D eigenvalue weighted by Gasteiger charge is -2.12. The summed E-state index contributed by atoms with van der Waals surface area (Å²) < 4.78 is 2.01.